The van der Waals surface area contributed by atoms with Gasteiger partial charge in [0, 0.05) is 19.2 Å². The second-order valence-electron chi connectivity index (χ2n) is 4.55. The van der Waals surface area contributed by atoms with E-state index in [2.05, 4.69) is 11.8 Å². The molecule has 0 saturated carbocycles. The number of nitrogens with zero attached hydrogens (tertiary/aromatic N) is 1. The van der Waals surface area contributed by atoms with E-state index in [1.54, 1.807) is 0 Å². The molecular weight excluding hydrogens is 228 g/mol. The van der Waals surface area contributed by atoms with Gasteiger partial charge in [0.25, 0.3) is 0 Å². The van der Waals surface area contributed by atoms with Crippen LogP contribution < -0.4 is 15.2 Å². The first-order valence-corrected chi connectivity index (χ1v) is 6.64. The molecule has 0 bridgehead atoms. The van der Waals surface area contributed by atoms with Crippen LogP contribution in [0.1, 0.15) is 20.3 Å². The van der Waals surface area contributed by atoms with E-state index in [1.807, 2.05) is 25.1 Å². The number of rotatable bonds is 5. The fourth-order valence-corrected chi connectivity index (χ4v) is 2.24. The summed E-state index contributed by atoms with van der Waals surface area (Å²) in [5.41, 5.74) is 6.50. The largest absolute Gasteiger partial charge is 0.492 e. The van der Waals surface area contributed by atoms with Crippen molar-refractivity contribution in [1.29, 1.82) is 0 Å². The molecule has 1 atom stereocenters. The van der Waals surface area contributed by atoms with Crippen molar-refractivity contribution in [1.82, 2.24) is 4.90 Å². The Bertz CT molecular complexity index is 395. The molecule has 1 fully saturated rings. The minimum Gasteiger partial charge on any atom is -0.492 e. The van der Waals surface area contributed by atoms with Crippen LogP contribution in [-0.4, -0.2) is 37.2 Å². The normalized spacial score (nSPS) is 20.0. The van der Waals surface area contributed by atoms with Gasteiger partial charge in [-0.2, -0.15) is 0 Å². The Kier molecular flexibility index (Phi) is 4.31. The summed E-state index contributed by atoms with van der Waals surface area (Å²) in [5, 5.41) is 0. The zero-order valence-corrected chi connectivity index (χ0v) is 11.2. The van der Waals surface area contributed by atoms with Crippen molar-refractivity contribution in [3.63, 3.8) is 0 Å². The van der Waals surface area contributed by atoms with E-state index < -0.39 is 0 Å². The summed E-state index contributed by atoms with van der Waals surface area (Å²) >= 11 is 0. The summed E-state index contributed by atoms with van der Waals surface area (Å²) in [4.78, 5) is 2.39. The molecule has 1 aliphatic heterocycles. The quantitative estimate of drug-likeness (QED) is 0.813. The highest BCUT2D eigenvalue weighted by molar-refractivity contribution is 5.55. The summed E-state index contributed by atoms with van der Waals surface area (Å²) in [7, 11) is 0. The van der Waals surface area contributed by atoms with E-state index in [0.29, 0.717) is 18.0 Å². The van der Waals surface area contributed by atoms with Crippen LogP contribution >= 0.6 is 0 Å². The van der Waals surface area contributed by atoms with Gasteiger partial charge in [0.2, 0.25) is 0 Å². The standard InChI is InChI=1S/C14H22N2O2/c1-3-16-8-7-12(10-16)18-11-5-6-13(15)14(9-11)17-4-2/h5-6,9,12H,3-4,7-8,10,15H2,1-2H3. The van der Waals surface area contributed by atoms with Crippen LogP contribution in [0, 0.1) is 0 Å². The molecule has 0 aliphatic carbocycles. The maximum Gasteiger partial charge on any atom is 0.145 e. The second kappa shape index (κ2) is 5.96. The Morgan fingerprint density at radius 3 is 2.89 bits per heavy atom. The van der Waals surface area contributed by atoms with Crippen LogP contribution in [-0.2, 0) is 0 Å². The van der Waals surface area contributed by atoms with Gasteiger partial charge >= 0.3 is 0 Å². The molecule has 0 radical (unpaired) electrons. The maximum atomic E-state index is 5.97. The van der Waals surface area contributed by atoms with E-state index >= 15 is 0 Å². The van der Waals surface area contributed by atoms with Crippen molar-refractivity contribution < 1.29 is 9.47 Å². The average molecular weight is 250 g/mol. The number of hydrogen-bond acceptors (Lipinski definition) is 4. The van der Waals surface area contributed by atoms with Gasteiger partial charge in [-0.25, -0.2) is 0 Å². The molecule has 1 aliphatic rings. The topological polar surface area (TPSA) is 47.7 Å². The third-order valence-electron chi connectivity index (χ3n) is 3.26. The highest BCUT2D eigenvalue weighted by Gasteiger charge is 2.22. The van der Waals surface area contributed by atoms with Gasteiger partial charge < -0.3 is 15.2 Å². The van der Waals surface area contributed by atoms with Crippen LogP contribution in [0.25, 0.3) is 0 Å². The average Bonchev–Trinajstić information content (AvgIpc) is 2.81. The van der Waals surface area contributed by atoms with E-state index in [0.717, 1.165) is 31.8 Å². The predicted octanol–water partition coefficient (Wildman–Crippen LogP) is 2.14. The molecule has 2 N–H and O–H groups in total. The molecule has 1 saturated heterocycles. The number of likely N-dealkylation sites (tertiary alicyclic amines) is 1. The molecule has 1 aromatic rings. The molecule has 2 rings (SSSR count). The van der Waals surface area contributed by atoms with Crippen molar-refractivity contribution in [2.24, 2.45) is 0 Å². The van der Waals surface area contributed by atoms with E-state index in [4.69, 9.17) is 15.2 Å². The van der Waals surface area contributed by atoms with Gasteiger partial charge in [-0.1, -0.05) is 6.92 Å². The van der Waals surface area contributed by atoms with E-state index in [9.17, 15) is 0 Å². The van der Waals surface area contributed by atoms with E-state index in [1.165, 1.54) is 0 Å². The van der Waals surface area contributed by atoms with Crippen LogP contribution in [0.4, 0.5) is 5.69 Å². The Balaban J connectivity index is 1.99. The lowest BCUT2D eigenvalue weighted by Crippen LogP contribution is -2.24. The number of hydrogen-bond donors (Lipinski definition) is 1. The van der Waals surface area contributed by atoms with Gasteiger partial charge in [0.1, 0.15) is 17.6 Å². The number of anilines is 1. The lowest BCUT2D eigenvalue weighted by atomic mass is 10.2. The van der Waals surface area contributed by atoms with Gasteiger partial charge in [-0.3, -0.25) is 4.90 Å². The van der Waals surface area contributed by atoms with Crippen LogP contribution in [0.2, 0.25) is 0 Å². The number of likely N-dealkylation sites (N-methyl/N-ethyl adjacent to an activating group) is 1. The van der Waals surface area contributed by atoms with Crippen molar-refractivity contribution in [3.05, 3.63) is 18.2 Å². The first kappa shape index (κ1) is 13.0. The summed E-state index contributed by atoms with van der Waals surface area (Å²) < 4.78 is 11.4. The van der Waals surface area contributed by atoms with Crippen molar-refractivity contribution in [2.75, 3.05) is 32.0 Å². The molecule has 100 valence electrons. The number of nitrogen functional groups attached to an aromatic ring is 1. The molecule has 1 aromatic carbocycles. The zero-order chi connectivity index (χ0) is 13.0. The first-order valence-electron chi connectivity index (χ1n) is 6.64. The van der Waals surface area contributed by atoms with Crippen LogP contribution in [0.5, 0.6) is 11.5 Å². The minimum atomic E-state index is 0.281. The van der Waals surface area contributed by atoms with Crippen LogP contribution in [0.15, 0.2) is 18.2 Å². The van der Waals surface area contributed by atoms with Crippen molar-refractivity contribution in [2.45, 2.75) is 26.4 Å². The van der Waals surface area contributed by atoms with Crippen LogP contribution in [0.3, 0.4) is 0 Å². The summed E-state index contributed by atoms with van der Waals surface area (Å²) in [5.74, 6) is 1.55. The Morgan fingerprint density at radius 2 is 2.22 bits per heavy atom. The molecule has 0 spiro atoms. The third-order valence-corrected chi connectivity index (χ3v) is 3.26. The molecule has 0 aromatic heterocycles. The molecule has 4 nitrogen and oxygen atoms in total. The Morgan fingerprint density at radius 1 is 1.39 bits per heavy atom. The smallest absolute Gasteiger partial charge is 0.145 e. The number of nitrogens with two attached hydrogens (primary N) is 1. The summed E-state index contributed by atoms with van der Waals surface area (Å²) in [6, 6.07) is 5.63. The summed E-state index contributed by atoms with van der Waals surface area (Å²) in [6.07, 6.45) is 1.37. The van der Waals surface area contributed by atoms with Gasteiger partial charge in [-0.15, -0.1) is 0 Å². The second-order valence-corrected chi connectivity index (χ2v) is 4.55. The van der Waals surface area contributed by atoms with Gasteiger partial charge in [-0.05, 0) is 32.0 Å². The predicted molar refractivity (Wildman–Crippen MR) is 73.2 cm³/mol. The van der Waals surface area contributed by atoms with E-state index in [-0.39, 0.29) is 6.10 Å². The fraction of sp³-hybridized carbons (Fsp3) is 0.571. The molecular formula is C14H22N2O2. The molecule has 1 heterocycles. The highest BCUT2D eigenvalue weighted by atomic mass is 16.5. The molecule has 4 heteroatoms. The summed E-state index contributed by atoms with van der Waals surface area (Å²) in [6.45, 7) is 7.95. The first-order chi connectivity index (χ1) is 8.72. The number of benzene rings is 1. The van der Waals surface area contributed by atoms with Gasteiger partial charge in [0.15, 0.2) is 0 Å². The molecule has 1 unspecified atom stereocenters. The third kappa shape index (κ3) is 3.07. The zero-order valence-electron chi connectivity index (χ0n) is 11.2. The Labute approximate surface area is 109 Å². The molecule has 0 amide bonds. The van der Waals surface area contributed by atoms with Crippen molar-refractivity contribution >= 4 is 5.69 Å². The fourth-order valence-electron chi connectivity index (χ4n) is 2.24. The molecule has 18 heavy (non-hydrogen) atoms. The monoisotopic (exact) mass is 250 g/mol. The Hall–Kier alpha value is -1.42. The minimum absolute atomic E-state index is 0.281. The SMILES string of the molecule is CCOc1cc(OC2CCN(CC)C2)ccc1N. The lowest BCUT2D eigenvalue weighted by molar-refractivity contribution is 0.201. The van der Waals surface area contributed by atoms with Gasteiger partial charge in [0.05, 0.1) is 12.3 Å². The number of ether oxygens (including phenoxy) is 2. The lowest BCUT2D eigenvalue weighted by Gasteiger charge is -2.16. The highest BCUT2D eigenvalue weighted by Crippen LogP contribution is 2.28. The maximum absolute atomic E-state index is 5.97. The van der Waals surface area contributed by atoms with Crippen molar-refractivity contribution in [3.8, 4) is 11.5 Å².